The summed E-state index contributed by atoms with van der Waals surface area (Å²) in [6, 6.07) is 8.02. The lowest BCUT2D eigenvalue weighted by atomic mass is 10.1. The van der Waals surface area contributed by atoms with E-state index in [0.29, 0.717) is 11.6 Å². The van der Waals surface area contributed by atoms with Crippen LogP contribution in [0.2, 0.25) is 0 Å². The molecule has 0 aromatic carbocycles. The van der Waals surface area contributed by atoms with E-state index in [0.717, 1.165) is 59.7 Å². The van der Waals surface area contributed by atoms with Crippen LogP contribution in [0.4, 0.5) is 17.2 Å². The summed E-state index contributed by atoms with van der Waals surface area (Å²) >= 11 is 3.42. The van der Waals surface area contributed by atoms with E-state index in [2.05, 4.69) is 41.1 Å². The second kappa shape index (κ2) is 8.82. The van der Waals surface area contributed by atoms with Crippen LogP contribution >= 0.6 is 15.9 Å². The molecule has 8 nitrogen and oxygen atoms in total. The first-order valence-corrected chi connectivity index (χ1v) is 11.5. The van der Waals surface area contributed by atoms with Crippen LogP contribution in [-0.4, -0.2) is 52.0 Å². The summed E-state index contributed by atoms with van der Waals surface area (Å²) in [5, 5.41) is 3.20. The fraction of sp³-hybridized carbons (Fsp3) is 0.348. The number of amides is 1. The van der Waals surface area contributed by atoms with Gasteiger partial charge in [0.1, 0.15) is 12.1 Å². The predicted octanol–water partition coefficient (Wildman–Crippen LogP) is 3.68. The topological polar surface area (TPSA) is 87.1 Å². The molecule has 3 aromatic rings. The number of nitrogens with zero attached hydrogens (tertiary/aromatic N) is 6. The second-order valence-electron chi connectivity index (χ2n) is 8.27. The van der Waals surface area contributed by atoms with Crippen LogP contribution in [0.15, 0.2) is 53.7 Å². The number of anilines is 3. The summed E-state index contributed by atoms with van der Waals surface area (Å²) < 4.78 is 0.951. The van der Waals surface area contributed by atoms with Gasteiger partial charge in [0.2, 0.25) is 0 Å². The summed E-state index contributed by atoms with van der Waals surface area (Å²) in [6.07, 6.45) is 9.87. The zero-order valence-electron chi connectivity index (χ0n) is 17.8. The van der Waals surface area contributed by atoms with Gasteiger partial charge in [-0.2, -0.15) is 0 Å². The normalized spacial score (nSPS) is 17.9. The number of hydrogen-bond donors (Lipinski definition) is 1. The van der Waals surface area contributed by atoms with E-state index >= 15 is 0 Å². The second-order valence-corrected chi connectivity index (χ2v) is 9.19. The van der Waals surface area contributed by atoms with Crippen molar-refractivity contribution in [2.24, 2.45) is 0 Å². The lowest BCUT2D eigenvalue weighted by molar-refractivity contribution is 0.0936. The lowest BCUT2D eigenvalue weighted by Gasteiger charge is -2.22. The highest BCUT2D eigenvalue weighted by molar-refractivity contribution is 9.10. The molecule has 1 N–H and O–H groups in total. The third-order valence-corrected chi connectivity index (χ3v) is 6.43. The smallest absolute Gasteiger partial charge is 0.272 e. The molecule has 32 heavy (non-hydrogen) atoms. The van der Waals surface area contributed by atoms with Gasteiger partial charge in [0.15, 0.2) is 5.69 Å². The first kappa shape index (κ1) is 20.8. The molecule has 2 fully saturated rings. The minimum Gasteiger partial charge on any atom is -0.354 e. The van der Waals surface area contributed by atoms with E-state index in [1.54, 1.807) is 18.6 Å². The summed E-state index contributed by atoms with van der Waals surface area (Å²) in [5.74, 6) is 1.23. The average Bonchev–Trinajstić information content (AvgIpc) is 3.58. The molecule has 4 heterocycles. The number of hydrogen-bond acceptors (Lipinski definition) is 7. The molecule has 2 aliphatic rings. The monoisotopic (exact) mass is 493 g/mol. The minimum atomic E-state index is -0.151. The molecule has 0 radical (unpaired) electrons. The first-order valence-electron chi connectivity index (χ1n) is 10.8. The Hall–Kier alpha value is -3.07. The largest absolute Gasteiger partial charge is 0.354 e. The molecule has 1 saturated carbocycles. The zero-order chi connectivity index (χ0) is 22.1. The van der Waals surface area contributed by atoms with Crippen LogP contribution in [0.3, 0.4) is 0 Å². The molecular formula is C23H24BrN7O. The molecule has 164 valence electrons. The molecule has 0 unspecified atom stereocenters. The summed E-state index contributed by atoms with van der Waals surface area (Å²) in [4.78, 5) is 34.9. The Morgan fingerprint density at radius 2 is 1.94 bits per heavy atom. The van der Waals surface area contributed by atoms with Crippen molar-refractivity contribution in [3.05, 3.63) is 65.0 Å². The summed E-state index contributed by atoms with van der Waals surface area (Å²) in [7, 11) is 1.90. The molecule has 5 rings (SSSR count). The van der Waals surface area contributed by atoms with Gasteiger partial charge in [-0.15, -0.1) is 0 Å². The molecular weight excluding hydrogens is 470 g/mol. The van der Waals surface area contributed by atoms with Crippen molar-refractivity contribution in [3.8, 4) is 0 Å². The Kier molecular flexibility index (Phi) is 5.73. The molecule has 1 aliphatic heterocycles. The molecule has 1 saturated heterocycles. The summed E-state index contributed by atoms with van der Waals surface area (Å²) in [6.45, 7) is 1.57. The number of pyridine rings is 2. The van der Waals surface area contributed by atoms with Gasteiger partial charge in [-0.3, -0.25) is 4.79 Å². The molecule has 1 atom stereocenters. The number of nitrogens with one attached hydrogen (secondary N) is 1. The van der Waals surface area contributed by atoms with Crippen molar-refractivity contribution in [1.82, 2.24) is 25.3 Å². The van der Waals surface area contributed by atoms with Crippen molar-refractivity contribution in [1.29, 1.82) is 0 Å². The van der Waals surface area contributed by atoms with E-state index < -0.39 is 0 Å². The molecule has 1 amide bonds. The molecule has 3 aromatic heterocycles. The molecule has 0 spiro atoms. The Morgan fingerprint density at radius 1 is 1.12 bits per heavy atom. The highest BCUT2D eigenvalue weighted by Crippen LogP contribution is 2.40. The quantitative estimate of drug-likeness (QED) is 0.560. The lowest BCUT2D eigenvalue weighted by Crippen LogP contribution is -2.38. The van der Waals surface area contributed by atoms with E-state index in [-0.39, 0.29) is 11.9 Å². The van der Waals surface area contributed by atoms with Crippen molar-refractivity contribution in [2.75, 3.05) is 29.9 Å². The van der Waals surface area contributed by atoms with Crippen molar-refractivity contribution in [3.63, 3.8) is 0 Å². The number of rotatable bonds is 6. The van der Waals surface area contributed by atoms with Crippen LogP contribution in [0.25, 0.3) is 0 Å². The highest BCUT2D eigenvalue weighted by atomic mass is 79.9. The fourth-order valence-electron chi connectivity index (χ4n) is 4.01. The van der Waals surface area contributed by atoms with Gasteiger partial charge in [0.05, 0.1) is 23.8 Å². The third kappa shape index (κ3) is 4.43. The predicted molar refractivity (Wildman–Crippen MR) is 126 cm³/mol. The SMILES string of the molecule is CN(c1cncnc1)c1ccc(C2CC2)nc1C(=O)N[C@@H]1CCN(c2ccc(Br)cn2)C1. The van der Waals surface area contributed by atoms with Gasteiger partial charge in [0.25, 0.3) is 5.91 Å². The maximum absolute atomic E-state index is 13.4. The van der Waals surface area contributed by atoms with Crippen molar-refractivity contribution in [2.45, 2.75) is 31.2 Å². The van der Waals surface area contributed by atoms with Crippen LogP contribution in [0, 0.1) is 0 Å². The Bertz CT molecular complexity index is 1110. The Morgan fingerprint density at radius 3 is 2.66 bits per heavy atom. The van der Waals surface area contributed by atoms with Crippen LogP contribution in [0.5, 0.6) is 0 Å². The Balaban J connectivity index is 1.35. The van der Waals surface area contributed by atoms with Gasteiger partial charge in [-0.1, -0.05) is 0 Å². The molecule has 9 heteroatoms. The van der Waals surface area contributed by atoms with E-state index in [9.17, 15) is 4.79 Å². The zero-order valence-corrected chi connectivity index (χ0v) is 19.4. The number of halogens is 1. The van der Waals surface area contributed by atoms with Gasteiger partial charge in [-0.25, -0.2) is 19.9 Å². The third-order valence-electron chi connectivity index (χ3n) is 5.96. The first-order chi connectivity index (χ1) is 15.6. The van der Waals surface area contributed by atoms with Gasteiger partial charge in [0, 0.05) is 48.5 Å². The van der Waals surface area contributed by atoms with E-state index in [1.807, 2.05) is 36.2 Å². The highest BCUT2D eigenvalue weighted by Gasteiger charge is 2.30. The number of aromatic nitrogens is 4. The van der Waals surface area contributed by atoms with Gasteiger partial charge < -0.3 is 15.1 Å². The van der Waals surface area contributed by atoms with Crippen LogP contribution < -0.4 is 15.1 Å². The van der Waals surface area contributed by atoms with E-state index in [4.69, 9.17) is 4.98 Å². The van der Waals surface area contributed by atoms with Gasteiger partial charge in [-0.05, 0) is 59.5 Å². The summed E-state index contributed by atoms with van der Waals surface area (Å²) in [5.41, 5.74) is 2.98. The maximum atomic E-state index is 13.4. The average molecular weight is 494 g/mol. The van der Waals surface area contributed by atoms with Crippen molar-refractivity contribution >= 4 is 39.0 Å². The Labute approximate surface area is 195 Å². The maximum Gasteiger partial charge on any atom is 0.272 e. The fourth-order valence-corrected chi connectivity index (χ4v) is 4.24. The minimum absolute atomic E-state index is 0.0394. The standard InChI is InChI=1S/C23H24BrN7O/c1-30(18-11-25-14-26-12-18)20-6-5-19(15-2-3-15)29-22(20)23(32)28-17-8-9-31(13-17)21-7-4-16(24)10-27-21/h4-7,10-12,14-15,17H,2-3,8-9,13H2,1H3,(H,28,32)/t17-/m1/s1. The number of carbonyl (C=O) groups is 1. The van der Waals surface area contributed by atoms with Crippen LogP contribution in [-0.2, 0) is 0 Å². The molecule has 0 bridgehead atoms. The number of carbonyl (C=O) groups excluding carboxylic acids is 1. The van der Waals surface area contributed by atoms with Gasteiger partial charge >= 0.3 is 0 Å². The van der Waals surface area contributed by atoms with E-state index in [1.165, 1.54) is 6.33 Å². The van der Waals surface area contributed by atoms with Crippen molar-refractivity contribution < 1.29 is 4.79 Å². The molecule has 1 aliphatic carbocycles. The van der Waals surface area contributed by atoms with Crippen LogP contribution in [0.1, 0.15) is 41.4 Å².